The Morgan fingerprint density at radius 2 is 2.53 bits per heavy atom. The predicted octanol–water partition coefficient (Wildman–Crippen LogP) is 0.183. The molecule has 0 aliphatic carbocycles. The van der Waals surface area contributed by atoms with Crippen LogP contribution in [-0.4, -0.2) is 23.9 Å². The molecule has 0 aromatic carbocycles. The summed E-state index contributed by atoms with van der Waals surface area (Å²) in [5, 5.41) is 5.35. The van der Waals surface area contributed by atoms with Crippen LogP contribution in [0.1, 0.15) is 32.6 Å². The van der Waals surface area contributed by atoms with Crippen LogP contribution >= 0.6 is 0 Å². The van der Waals surface area contributed by atoms with E-state index >= 15 is 0 Å². The lowest BCUT2D eigenvalue weighted by Crippen LogP contribution is -2.45. The predicted molar refractivity (Wildman–Crippen MR) is 56.8 cm³/mol. The molecule has 2 unspecified atom stereocenters. The lowest BCUT2D eigenvalue weighted by Gasteiger charge is -2.15. The Bertz CT molecular complexity index is 293. The van der Waals surface area contributed by atoms with E-state index in [1.54, 1.807) is 0 Å². The normalized spacial score (nSPS) is 21.6. The van der Waals surface area contributed by atoms with E-state index in [-0.39, 0.29) is 17.9 Å². The molecular weight excluding hydrogens is 192 g/mol. The highest BCUT2D eigenvalue weighted by Crippen LogP contribution is 2.07. The van der Waals surface area contributed by atoms with Crippen LogP contribution in [-0.2, 0) is 9.59 Å². The van der Waals surface area contributed by atoms with Gasteiger partial charge in [-0.2, -0.15) is 0 Å². The SMILES string of the molecule is C#CC(CCC)NC(=O)C1CCC(=O)N1. The van der Waals surface area contributed by atoms with Crippen LogP contribution in [0.4, 0.5) is 0 Å². The Hall–Kier alpha value is -1.50. The van der Waals surface area contributed by atoms with Crippen LogP contribution in [0.25, 0.3) is 0 Å². The Kier molecular flexibility index (Phi) is 4.17. The van der Waals surface area contributed by atoms with E-state index in [1.165, 1.54) is 0 Å². The van der Waals surface area contributed by atoms with E-state index in [2.05, 4.69) is 16.6 Å². The molecule has 2 N–H and O–H groups in total. The van der Waals surface area contributed by atoms with Gasteiger partial charge >= 0.3 is 0 Å². The van der Waals surface area contributed by atoms with Gasteiger partial charge in [0, 0.05) is 6.42 Å². The maximum Gasteiger partial charge on any atom is 0.243 e. The summed E-state index contributed by atoms with van der Waals surface area (Å²) in [5.41, 5.74) is 0. The number of rotatable bonds is 4. The van der Waals surface area contributed by atoms with Gasteiger partial charge in [-0.25, -0.2) is 0 Å². The number of hydrogen-bond donors (Lipinski definition) is 2. The average Bonchev–Trinajstić information content (AvgIpc) is 2.64. The first-order valence-corrected chi connectivity index (χ1v) is 5.23. The summed E-state index contributed by atoms with van der Waals surface area (Å²) in [7, 11) is 0. The molecule has 0 radical (unpaired) electrons. The number of hydrogen-bond acceptors (Lipinski definition) is 2. The number of carbonyl (C=O) groups is 2. The molecular formula is C11H16N2O2. The van der Waals surface area contributed by atoms with Gasteiger partial charge in [0.1, 0.15) is 6.04 Å². The van der Waals surface area contributed by atoms with E-state index in [4.69, 9.17) is 6.42 Å². The van der Waals surface area contributed by atoms with Crippen LogP contribution in [0.3, 0.4) is 0 Å². The highest BCUT2D eigenvalue weighted by atomic mass is 16.2. The van der Waals surface area contributed by atoms with Gasteiger partial charge in [0.05, 0.1) is 6.04 Å². The van der Waals surface area contributed by atoms with Crippen molar-refractivity contribution in [2.45, 2.75) is 44.7 Å². The van der Waals surface area contributed by atoms with Crippen molar-refractivity contribution in [3.8, 4) is 12.3 Å². The van der Waals surface area contributed by atoms with Crippen LogP contribution in [0.15, 0.2) is 0 Å². The Morgan fingerprint density at radius 3 is 3.00 bits per heavy atom. The first-order valence-electron chi connectivity index (χ1n) is 5.23. The van der Waals surface area contributed by atoms with Crippen molar-refractivity contribution in [1.82, 2.24) is 10.6 Å². The molecule has 0 bridgehead atoms. The van der Waals surface area contributed by atoms with Crippen LogP contribution < -0.4 is 10.6 Å². The second-order valence-corrected chi connectivity index (χ2v) is 3.68. The number of amides is 2. The van der Waals surface area contributed by atoms with Crippen LogP contribution in [0, 0.1) is 12.3 Å². The van der Waals surface area contributed by atoms with Crippen molar-refractivity contribution in [1.29, 1.82) is 0 Å². The summed E-state index contributed by atoms with van der Waals surface area (Å²) in [4.78, 5) is 22.5. The van der Waals surface area contributed by atoms with Crippen molar-refractivity contribution >= 4 is 11.8 Å². The highest BCUT2D eigenvalue weighted by Gasteiger charge is 2.27. The van der Waals surface area contributed by atoms with E-state index < -0.39 is 6.04 Å². The summed E-state index contributed by atoms with van der Waals surface area (Å²) >= 11 is 0. The van der Waals surface area contributed by atoms with E-state index in [9.17, 15) is 9.59 Å². The van der Waals surface area contributed by atoms with Crippen LogP contribution in [0.2, 0.25) is 0 Å². The van der Waals surface area contributed by atoms with Crippen molar-refractivity contribution in [3.05, 3.63) is 0 Å². The first-order chi connectivity index (χ1) is 7.17. The first kappa shape index (κ1) is 11.6. The summed E-state index contributed by atoms with van der Waals surface area (Å²) in [6.07, 6.45) is 7.96. The molecule has 1 aliphatic heterocycles. The van der Waals surface area contributed by atoms with E-state index in [1.807, 2.05) is 6.92 Å². The highest BCUT2D eigenvalue weighted by molar-refractivity contribution is 5.91. The molecule has 1 aliphatic rings. The van der Waals surface area contributed by atoms with Gasteiger partial charge in [-0.05, 0) is 12.8 Å². The van der Waals surface area contributed by atoms with Crippen LogP contribution in [0.5, 0.6) is 0 Å². The van der Waals surface area contributed by atoms with Gasteiger partial charge in [-0.15, -0.1) is 6.42 Å². The Labute approximate surface area is 89.8 Å². The lowest BCUT2D eigenvalue weighted by atomic mass is 10.1. The molecule has 15 heavy (non-hydrogen) atoms. The summed E-state index contributed by atoms with van der Waals surface area (Å²) < 4.78 is 0. The van der Waals surface area contributed by atoms with Gasteiger partial charge in [0.25, 0.3) is 0 Å². The molecule has 2 amide bonds. The van der Waals surface area contributed by atoms with Gasteiger partial charge in [0.15, 0.2) is 0 Å². The molecule has 1 saturated heterocycles. The minimum atomic E-state index is -0.398. The van der Waals surface area contributed by atoms with E-state index in [0.29, 0.717) is 12.8 Å². The van der Waals surface area contributed by atoms with Crippen molar-refractivity contribution in [2.75, 3.05) is 0 Å². The van der Waals surface area contributed by atoms with Gasteiger partial charge < -0.3 is 10.6 Å². The Morgan fingerprint density at radius 1 is 1.80 bits per heavy atom. The van der Waals surface area contributed by atoms with Crippen molar-refractivity contribution < 1.29 is 9.59 Å². The van der Waals surface area contributed by atoms with Crippen molar-refractivity contribution in [3.63, 3.8) is 0 Å². The second kappa shape index (κ2) is 5.40. The number of carbonyl (C=O) groups excluding carboxylic acids is 2. The fraction of sp³-hybridized carbons (Fsp3) is 0.636. The maximum absolute atomic E-state index is 11.6. The van der Waals surface area contributed by atoms with Gasteiger partial charge in [-0.3, -0.25) is 9.59 Å². The largest absolute Gasteiger partial charge is 0.344 e. The molecule has 2 atom stereocenters. The van der Waals surface area contributed by atoms with Gasteiger partial charge in [0.2, 0.25) is 11.8 Å². The third-order valence-electron chi connectivity index (χ3n) is 2.41. The van der Waals surface area contributed by atoms with Gasteiger partial charge in [-0.1, -0.05) is 19.3 Å². The lowest BCUT2D eigenvalue weighted by molar-refractivity contribution is -0.126. The fourth-order valence-corrected chi connectivity index (χ4v) is 1.57. The quantitative estimate of drug-likeness (QED) is 0.648. The zero-order valence-corrected chi connectivity index (χ0v) is 8.88. The molecule has 0 spiro atoms. The maximum atomic E-state index is 11.6. The number of terminal acetylenes is 1. The number of nitrogens with one attached hydrogen (secondary N) is 2. The second-order valence-electron chi connectivity index (χ2n) is 3.68. The summed E-state index contributed by atoms with van der Waals surface area (Å²) in [5.74, 6) is 2.29. The Balaban J connectivity index is 2.41. The molecule has 0 saturated carbocycles. The standard InChI is InChI=1S/C11H16N2O2/c1-3-5-8(4-2)12-11(15)9-6-7-10(14)13-9/h2,8-9H,3,5-7H2,1H3,(H,12,15)(H,13,14). The minimum absolute atomic E-state index is 0.0668. The summed E-state index contributed by atoms with van der Waals surface area (Å²) in [6.45, 7) is 2.01. The monoisotopic (exact) mass is 208 g/mol. The van der Waals surface area contributed by atoms with E-state index in [0.717, 1.165) is 12.8 Å². The smallest absolute Gasteiger partial charge is 0.243 e. The molecule has 82 valence electrons. The summed E-state index contributed by atoms with van der Waals surface area (Å²) in [6, 6.07) is -0.620. The molecule has 4 nitrogen and oxygen atoms in total. The zero-order valence-electron chi connectivity index (χ0n) is 8.88. The minimum Gasteiger partial charge on any atom is -0.344 e. The third-order valence-corrected chi connectivity index (χ3v) is 2.41. The molecule has 0 aromatic heterocycles. The molecule has 1 heterocycles. The zero-order chi connectivity index (χ0) is 11.3. The average molecular weight is 208 g/mol. The van der Waals surface area contributed by atoms with Crippen molar-refractivity contribution in [2.24, 2.45) is 0 Å². The molecule has 4 heteroatoms. The molecule has 1 rings (SSSR count). The third kappa shape index (κ3) is 3.28. The molecule has 0 aromatic rings. The molecule has 1 fully saturated rings. The fourth-order valence-electron chi connectivity index (χ4n) is 1.57. The topological polar surface area (TPSA) is 58.2 Å².